The Morgan fingerprint density at radius 2 is 1.96 bits per heavy atom. The number of carbonyl (C=O) groups is 5. The first kappa shape index (κ1) is 30.5. The number of aromatic nitrogens is 3. The van der Waals surface area contributed by atoms with Crippen LogP contribution in [-0.4, -0.2) is 73.1 Å². The quantitative estimate of drug-likeness (QED) is 0.264. The second-order valence-corrected chi connectivity index (χ2v) is 11.6. The maximum Gasteiger partial charge on any atom is 0.284 e. The van der Waals surface area contributed by atoms with Gasteiger partial charge in [0.2, 0.25) is 11.8 Å². The molecule has 2 atom stereocenters. The zero-order valence-electron chi connectivity index (χ0n) is 25.8. The van der Waals surface area contributed by atoms with Crippen LogP contribution in [-0.2, 0) is 34.5 Å². The number of ether oxygens (including phenoxy) is 1. The lowest BCUT2D eigenvalue weighted by Crippen LogP contribution is -2.52. The lowest BCUT2D eigenvalue weighted by atomic mass is 10.0. The molecule has 2 aliphatic rings. The van der Waals surface area contributed by atoms with Crippen LogP contribution in [0.4, 0.5) is 0 Å². The standard InChI is InChI=1S/C32H33N7O7/c1-17(2)34-30(42)27(24-10-12-26(45-4)46-24)39(32(44)22-8-7-21-28(35-22)37(3)16-33-21)14-18-5-6-20-19(13-18)15-38(31(20)43)23-9-11-25(40)36-29(23)41/h5-8,10,12-13,16-17,23,27H,9,11,14-15H2,1-4H3,(H,34,42)(H,36,40,41). The number of imidazole rings is 1. The maximum atomic E-state index is 14.4. The molecule has 2 unspecified atom stereocenters. The molecular formula is C32H33N7O7. The van der Waals surface area contributed by atoms with Gasteiger partial charge in [-0.15, -0.1) is 0 Å². The zero-order chi connectivity index (χ0) is 32.7. The highest BCUT2D eigenvalue weighted by atomic mass is 16.6. The molecule has 5 amide bonds. The summed E-state index contributed by atoms with van der Waals surface area (Å²) in [5, 5.41) is 5.20. The predicted molar refractivity (Wildman–Crippen MR) is 162 cm³/mol. The van der Waals surface area contributed by atoms with Gasteiger partial charge in [0.25, 0.3) is 23.7 Å². The van der Waals surface area contributed by atoms with E-state index in [0.29, 0.717) is 27.9 Å². The summed E-state index contributed by atoms with van der Waals surface area (Å²) in [7, 11) is 3.21. The summed E-state index contributed by atoms with van der Waals surface area (Å²) in [4.78, 5) is 77.3. The topological polar surface area (TPSA) is 169 Å². The Bertz CT molecular complexity index is 1880. The minimum atomic E-state index is -1.21. The highest BCUT2D eigenvalue weighted by molar-refractivity contribution is 6.05. The van der Waals surface area contributed by atoms with Gasteiger partial charge in [0.15, 0.2) is 11.7 Å². The molecule has 14 heteroatoms. The highest BCUT2D eigenvalue weighted by Gasteiger charge is 2.40. The zero-order valence-corrected chi connectivity index (χ0v) is 25.8. The van der Waals surface area contributed by atoms with Gasteiger partial charge in [-0.1, -0.05) is 12.1 Å². The van der Waals surface area contributed by atoms with Gasteiger partial charge < -0.3 is 28.8 Å². The number of carbonyl (C=O) groups excluding carboxylic acids is 5. The van der Waals surface area contributed by atoms with Crippen LogP contribution >= 0.6 is 0 Å². The van der Waals surface area contributed by atoms with E-state index >= 15 is 0 Å². The number of methoxy groups -OCH3 is 1. The van der Waals surface area contributed by atoms with Crippen molar-refractivity contribution < 1.29 is 33.1 Å². The number of fused-ring (bicyclic) bond motifs is 2. The van der Waals surface area contributed by atoms with Crippen LogP contribution < -0.4 is 15.4 Å². The molecule has 14 nitrogen and oxygen atoms in total. The van der Waals surface area contributed by atoms with E-state index in [1.165, 1.54) is 16.9 Å². The summed E-state index contributed by atoms with van der Waals surface area (Å²) in [6.45, 7) is 3.73. The van der Waals surface area contributed by atoms with Crippen molar-refractivity contribution in [1.82, 2.24) is 35.0 Å². The molecule has 46 heavy (non-hydrogen) atoms. The molecular weight excluding hydrogens is 594 g/mol. The van der Waals surface area contributed by atoms with Crippen LogP contribution in [0.2, 0.25) is 0 Å². The van der Waals surface area contributed by atoms with Crippen LogP contribution in [0.15, 0.2) is 53.2 Å². The van der Waals surface area contributed by atoms with Gasteiger partial charge in [-0.3, -0.25) is 29.3 Å². The number of aryl methyl sites for hydroxylation is 1. The molecule has 0 radical (unpaired) electrons. The van der Waals surface area contributed by atoms with E-state index in [2.05, 4.69) is 20.6 Å². The van der Waals surface area contributed by atoms with Crippen molar-refractivity contribution in [3.63, 3.8) is 0 Å². The largest absolute Gasteiger partial charge is 0.468 e. The second kappa shape index (κ2) is 12.1. The lowest BCUT2D eigenvalue weighted by Gasteiger charge is -2.30. The molecule has 238 valence electrons. The van der Waals surface area contributed by atoms with E-state index in [1.807, 2.05) is 13.8 Å². The first-order valence-electron chi connectivity index (χ1n) is 14.8. The number of amides is 5. The molecule has 1 aromatic carbocycles. The van der Waals surface area contributed by atoms with Crippen LogP contribution in [0.25, 0.3) is 11.2 Å². The molecule has 0 bridgehead atoms. The lowest BCUT2D eigenvalue weighted by molar-refractivity contribution is -0.137. The number of nitrogens with zero attached hydrogens (tertiary/aromatic N) is 5. The fourth-order valence-electron chi connectivity index (χ4n) is 5.85. The molecule has 3 aromatic heterocycles. The van der Waals surface area contributed by atoms with Gasteiger partial charge in [0.05, 0.1) is 13.4 Å². The Labute approximate surface area is 263 Å². The summed E-state index contributed by atoms with van der Waals surface area (Å²) in [6, 6.07) is 9.35. The van der Waals surface area contributed by atoms with Crippen molar-refractivity contribution in [3.05, 3.63) is 76.9 Å². The highest BCUT2D eigenvalue weighted by Crippen LogP contribution is 2.32. The van der Waals surface area contributed by atoms with Crippen molar-refractivity contribution in [2.24, 2.45) is 7.05 Å². The van der Waals surface area contributed by atoms with E-state index in [9.17, 15) is 24.0 Å². The molecule has 1 saturated heterocycles. The Kier molecular flexibility index (Phi) is 8.02. The fourth-order valence-corrected chi connectivity index (χ4v) is 5.85. The van der Waals surface area contributed by atoms with E-state index in [1.54, 1.807) is 60.4 Å². The van der Waals surface area contributed by atoms with E-state index in [0.717, 1.165) is 0 Å². The van der Waals surface area contributed by atoms with Crippen molar-refractivity contribution in [2.45, 2.75) is 57.9 Å². The Balaban J connectivity index is 1.38. The fraction of sp³-hybridized carbons (Fsp3) is 0.344. The number of pyridine rings is 1. The van der Waals surface area contributed by atoms with Gasteiger partial charge >= 0.3 is 0 Å². The SMILES string of the molecule is COc1ccc(C(C(=O)NC(C)C)N(Cc2ccc3c(c2)CN(C2CCC(=O)NC2=O)C3=O)C(=O)c2ccc3ncn(C)c3n2)o1. The van der Waals surface area contributed by atoms with Crippen LogP contribution in [0.1, 0.15) is 70.5 Å². The van der Waals surface area contributed by atoms with Crippen LogP contribution in [0, 0.1) is 0 Å². The Morgan fingerprint density at radius 3 is 2.67 bits per heavy atom. The smallest absolute Gasteiger partial charge is 0.284 e. The molecule has 1 fully saturated rings. The molecule has 4 aromatic rings. The van der Waals surface area contributed by atoms with Gasteiger partial charge in [-0.2, -0.15) is 0 Å². The molecule has 0 spiro atoms. The second-order valence-electron chi connectivity index (χ2n) is 11.6. The average Bonchev–Trinajstić information content (AvgIpc) is 3.73. The molecule has 2 aliphatic heterocycles. The average molecular weight is 628 g/mol. The van der Waals surface area contributed by atoms with Crippen molar-refractivity contribution >= 4 is 40.7 Å². The minimum Gasteiger partial charge on any atom is -0.468 e. The first-order valence-corrected chi connectivity index (χ1v) is 14.8. The van der Waals surface area contributed by atoms with Gasteiger partial charge in [-0.25, -0.2) is 9.97 Å². The summed E-state index contributed by atoms with van der Waals surface area (Å²) in [6.07, 6.45) is 1.99. The molecule has 6 rings (SSSR count). The minimum absolute atomic E-state index is 0.0526. The predicted octanol–water partition coefficient (Wildman–Crippen LogP) is 2.24. The number of hydrogen-bond donors (Lipinski definition) is 2. The van der Waals surface area contributed by atoms with Crippen molar-refractivity contribution in [2.75, 3.05) is 7.11 Å². The number of nitrogens with one attached hydrogen (secondary N) is 2. The molecule has 2 N–H and O–H groups in total. The van der Waals surface area contributed by atoms with E-state index < -0.39 is 29.8 Å². The van der Waals surface area contributed by atoms with E-state index in [4.69, 9.17) is 9.15 Å². The normalized spacial score (nSPS) is 16.8. The van der Waals surface area contributed by atoms with Crippen LogP contribution in [0.5, 0.6) is 5.95 Å². The number of imide groups is 1. The third-order valence-electron chi connectivity index (χ3n) is 8.04. The summed E-state index contributed by atoms with van der Waals surface area (Å²) >= 11 is 0. The molecule has 0 aliphatic carbocycles. The molecule has 0 saturated carbocycles. The van der Waals surface area contributed by atoms with Crippen LogP contribution in [0.3, 0.4) is 0 Å². The van der Waals surface area contributed by atoms with Crippen molar-refractivity contribution in [3.8, 4) is 5.95 Å². The van der Waals surface area contributed by atoms with Gasteiger partial charge in [0, 0.05) is 44.2 Å². The van der Waals surface area contributed by atoms with Gasteiger partial charge in [0.1, 0.15) is 23.0 Å². The van der Waals surface area contributed by atoms with Crippen molar-refractivity contribution in [1.29, 1.82) is 0 Å². The summed E-state index contributed by atoms with van der Waals surface area (Å²) in [5.74, 6) is -1.82. The van der Waals surface area contributed by atoms with E-state index in [-0.39, 0.29) is 61.2 Å². The monoisotopic (exact) mass is 627 g/mol. The number of hydrogen-bond acceptors (Lipinski definition) is 9. The number of furan rings is 1. The number of piperidine rings is 1. The number of rotatable bonds is 9. The first-order chi connectivity index (χ1) is 22.0. The maximum absolute atomic E-state index is 14.4. The Hall–Kier alpha value is -5.53. The molecule has 5 heterocycles. The summed E-state index contributed by atoms with van der Waals surface area (Å²) in [5.41, 5.74) is 2.93. The number of benzene rings is 1. The summed E-state index contributed by atoms with van der Waals surface area (Å²) < 4.78 is 12.8. The Morgan fingerprint density at radius 1 is 1.15 bits per heavy atom. The third-order valence-corrected chi connectivity index (χ3v) is 8.04. The third kappa shape index (κ3) is 5.69. The van der Waals surface area contributed by atoms with Gasteiger partial charge in [-0.05, 0) is 55.7 Å².